The van der Waals surface area contributed by atoms with Gasteiger partial charge in [-0.05, 0) is 68.6 Å². The maximum atomic E-state index is 12.1. The Morgan fingerprint density at radius 2 is 1.92 bits per heavy atom. The molecule has 0 aliphatic carbocycles. The van der Waals surface area contributed by atoms with Crippen molar-refractivity contribution in [1.82, 2.24) is 30.0 Å². The first-order valence-electron chi connectivity index (χ1n) is 12.4. The van der Waals surface area contributed by atoms with Crippen molar-refractivity contribution in [1.29, 1.82) is 0 Å². The minimum Gasteiger partial charge on any atom is -0.495 e. The second-order valence-electron chi connectivity index (χ2n) is 8.55. The molecule has 2 N–H and O–H groups in total. The van der Waals surface area contributed by atoms with Crippen molar-refractivity contribution in [3.05, 3.63) is 58.6 Å². The van der Waals surface area contributed by atoms with Crippen molar-refractivity contribution < 1.29 is 9.53 Å². The van der Waals surface area contributed by atoms with Gasteiger partial charge in [-0.25, -0.2) is 9.97 Å². The van der Waals surface area contributed by atoms with Crippen LogP contribution in [0.4, 0.5) is 11.6 Å². The van der Waals surface area contributed by atoms with Crippen molar-refractivity contribution in [3.8, 4) is 5.75 Å². The summed E-state index contributed by atoms with van der Waals surface area (Å²) in [4.78, 5) is 23.4. The van der Waals surface area contributed by atoms with E-state index in [4.69, 9.17) is 16.3 Å². The number of rotatable bonds is 14. The Hall–Kier alpha value is -3.17. The van der Waals surface area contributed by atoms with E-state index in [2.05, 4.69) is 44.4 Å². The van der Waals surface area contributed by atoms with Crippen LogP contribution in [0.25, 0.3) is 0 Å². The number of hydrogen-bond acceptors (Lipinski definition) is 7. The van der Waals surface area contributed by atoms with E-state index in [0.29, 0.717) is 35.1 Å². The van der Waals surface area contributed by atoms with Crippen molar-refractivity contribution in [3.63, 3.8) is 0 Å². The standard InChI is InChI=1S/C26H36ClN7O2/c1-5-10-33(6-2)11-7-12-34-18-22(17-31-34)32-26-29-15-19(16-30-26)8-9-20-13-21(25(35)28-3)14-23(36-4)24(20)27/h13-18H,5-12H2,1-4H3,(H,28,35)(H,29,30,32). The molecule has 194 valence electrons. The van der Waals surface area contributed by atoms with Crippen LogP contribution in [0.5, 0.6) is 5.75 Å². The zero-order valence-corrected chi connectivity index (χ0v) is 22.3. The number of halogens is 1. The molecule has 9 nitrogen and oxygen atoms in total. The highest BCUT2D eigenvalue weighted by atomic mass is 35.5. The van der Waals surface area contributed by atoms with E-state index in [9.17, 15) is 4.79 Å². The van der Waals surface area contributed by atoms with Crippen LogP contribution >= 0.6 is 11.6 Å². The fraction of sp³-hybridized carbons (Fsp3) is 0.462. The molecule has 0 aliphatic heterocycles. The molecule has 0 saturated heterocycles. The molecule has 0 saturated carbocycles. The molecule has 0 radical (unpaired) electrons. The molecule has 10 heteroatoms. The number of ether oxygens (including phenoxy) is 1. The van der Waals surface area contributed by atoms with Gasteiger partial charge >= 0.3 is 0 Å². The molecule has 0 spiro atoms. The highest BCUT2D eigenvalue weighted by Crippen LogP contribution is 2.31. The van der Waals surface area contributed by atoms with Gasteiger partial charge in [0.15, 0.2) is 0 Å². The molecule has 0 unspecified atom stereocenters. The second kappa shape index (κ2) is 13.8. The van der Waals surface area contributed by atoms with Gasteiger partial charge in [0, 0.05) is 37.7 Å². The second-order valence-corrected chi connectivity index (χ2v) is 8.93. The van der Waals surface area contributed by atoms with E-state index < -0.39 is 0 Å². The third-order valence-electron chi connectivity index (χ3n) is 5.95. The Morgan fingerprint density at radius 3 is 2.58 bits per heavy atom. The normalized spacial score (nSPS) is 11.1. The number of aryl methyl sites for hydroxylation is 3. The number of hydrogen-bond donors (Lipinski definition) is 2. The van der Waals surface area contributed by atoms with Gasteiger partial charge in [0.2, 0.25) is 5.95 Å². The van der Waals surface area contributed by atoms with Crippen molar-refractivity contribution in [2.45, 2.75) is 46.1 Å². The molecule has 1 aromatic carbocycles. The highest BCUT2D eigenvalue weighted by Gasteiger charge is 2.14. The summed E-state index contributed by atoms with van der Waals surface area (Å²) in [5.74, 6) is 0.806. The van der Waals surface area contributed by atoms with Gasteiger partial charge in [0.05, 0.1) is 24.0 Å². The summed E-state index contributed by atoms with van der Waals surface area (Å²) in [6.45, 7) is 8.58. The van der Waals surface area contributed by atoms with Gasteiger partial charge in [0.1, 0.15) is 5.75 Å². The lowest BCUT2D eigenvalue weighted by Gasteiger charge is -2.19. The topological polar surface area (TPSA) is 97.2 Å². The third kappa shape index (κ3) is 7.66. The third-order valence-corrected chi connectivity index (χ3v) is 6.38. The first kappa shape index (κ1) is 27.4. The van der Waals surface area contributed by atoms with Crippen LogP contribution in [0.15, 0.2) is 36.9 Å². The molecule has 2 heterocycles. The number of methoxy groups -OCH3 is 1. The lowest BCUT2D eigenvalue weighted by atomic mass is 10.0. The van der Waals surface area contributed by atoms with Crippen molar-refractivity contribution in [2.75, 3.05) is 39.1 Å². The zero-order valence-electron chi connectivity index (χ0n) is 21.6. The Kier molecular flexibility index (Phi) is 10.5. The van der Waals surface area contributed by atoms with Gasteiger partial charge in [-0.15, -0.1) is 0 Å². The summed E-state index contributed by atoms with van der Waals surface area (Å²) in [5, 5.41) is 10.8. The minimum atomic E-state index is -0.187. The Balaban J connectivity index is 1.54. The number of nitrogens with one attached hydrogen (secondary N) is 2. The fourth-order valence-electron chi connectivity index (χ4n) is 3.97. The van der Waals surface area contributed by atoms with Crippen LogP contribution in [-0.2, 0) is 19.4 Å². The molecular weight excluding hydrogens is 478 g/mol. The fourth-order valence-corrected chi connectivity index (χ4v) is 4.25. The van der Waals surface area contributed by atoms with Gasteiger partial charge in [-0.1, -0.05) is 25.4 Å². The molecule has 36 heavy (non-hydrogen) atoms. The maximum Gasteiger partial charge on any atom is 0.251 e. The van der Waals surface area contributed by atoms with Gasteiger partial charge < -0.3 is 20.3 Å². The number of amides is 1. The first-order chi connectivity index (χ1) is 17.5. The van der Waals surface area contributed by atoms with Gasteiger partial charge in [0.25, 0.3) is 5.91 Å². The first-order valence-corrected chi connectivity index (χ1v) is 12.8. The SMILES string of the molecule is CCCN(CC)CCCn1cc(Nc2ncc(CCc3cc(C(=O)NC)cc(OC)c3Cl)cn2)cn1. The van der Waals surface area contributed by atoms with Crippen LogP contribution < -0.4 is 15.4 Å². The summed E-state index contributed by atoms with van der Waals surface area (Å²) in [7, 11) is 3.13. The summed E-state index contributed by atoms with van der Waals surface area (Å²) in [6, 6.07) is 3.43. The number of nitrogens with zero attached hydrogens (tertiary/aromatic N) is 5. The molecule has 3 rings (SSSR count). The molecule has 2 aromatic heterocycles. The van der Waals surface area contributed by atoms with E-state index in [1.54, 1.807) is 37.8 Å². The summed E-state index contributed by atoms with van der Waals surface area (Å²) in [6.07, 6.45) is 10.9. The number of carbonyl (C=O) groups excluding carboxylic acids is 1. The lowest BCUT2D eigenvalue weighted by Crippen LogP contribution is -2.26. The average Bonchev–Trinajstić information content (AvgIpc) is 3.34. The average molecular weight is 514 g/mol. The van der Waals surface area contributed by atoms with Crippen LogP contribution in [0.2, 0.25) is 5.02 Å². The number of benzene rings is 1. The quantitative estimate of drug-likeness (QED) is 0.331. The van der Waals surface area contributed by atoms with Crippen molar-refractivity contribution >= 4 is 29.1 Å². The molecular formula is C26H36ClN7O2. The predicted octanol–water partition coefficient (Wildman–Crippen LogP) is 4.35. The molecule has 3 aromatic rings. The molecule has 0 aliphatic rings. The molecule has 0 atom stereocenters. The number of anilines is 2. The monoisotopic (exact) mass is 513 g/mol. The predicted molar refractivity (Wildman–Crippen MR) is 143 cm³/mol. The zero-order chi connectivity index (χ0) is 25.9. The van der Waals surface area contributed by atoms with Crippen LogP contribution in [0.3, 0.4) is 0 Å². The molecule has 0 bridgehead atoms. The largest absolute Gasteiger partial charge is 0.495 e. The van der Waals surface area contributed by atoms with E-state index in [1.165, 1.54) is 13.5 Å². The van der Waals surface area contributed by atoms with Gasteiger partial charge in [-0.2, -0.15) is 5.10 Å². The van der Waals surface area contributed by atoms with Gasteiger partial charge in [-0.3, -0.25) is 9.48 Å². The van der Waals surface area contributed by atoms with Crippen molar-refractivity contribution in [2.24, 2.45) is 0 Å². The van der Waals surface area contributed by atoms with E-state index in [-0.39, 0.29) is 5.91 Å². The summed E-state index contributed by atoms with van der Waals surface area (Å²) < 4.78 is 7.29. The Bertz CT molecular complexity index is 1120. The lowest BCUT2D eigenvalue weighted by molar-refractivity contribution is 0.0962. The van der Waals surface area contributed by atoms with Crippen LogP contribution in [0.1, 0.15) is 48.2 Å². The molecule has 0 fully saturated rings. The van der Waals surface area contributed by atoms with E-state index in [0.717, 1.165) is 49.4 Å². The minimum absolute atomic E-state index is 0.187. The number of aromatic nitrogens is 4. The van der Waals surface area contributed by atoms with Crippen LogP contribution in [-0.4, -0.2) is 64.3 Å². The summed E-state index contributed by atoms with van der Waals surface area (Å²) in [5.41, 5.74) is 3.16. The summed E-state index contributed by atoms with van der Waals surface area (Å²) >= 11 is 6.47. The van der Waals surface area contributed by atoms with E-state index >= 15 is 0 Å². The smallest absolute Gasteiger partial charge is 0.251 e. The maximum absolute atomic E-state index is 12.1. The van der Waals surface area contributed by atoms with Crippen LogP contribution in [0, 0.1) is 0 Å². The molecule has 1 amide bonds. The van der Waals surface area contributed by atoms with E-state index in [1.807, 2.05) is 10.9 Å². The Labute approximate surface area is 218 Å². The highest BCUT2D eigenvalue weighted by molar-refractivity contribution is 6.33. The Morgan fingerprint density at radius 1 is 1.14 bits per heavy atom. The number of carbonyl (C=O) groups is 1.